The number of carbonyl (C=O) groups excluding carboxylic acids is 2. The Labute approximate surface area is 217 Å². The van der Waals surface area contributed by atoms with Crippen LogP contribution in [0.3, 0.4) is 0 Å². The molecule has 3 aromatic rings. The molecular weight excluding hydrogens is 509 g/mol. The van der Waals surface area contributed by atoms with Crippen LogP contribution in [0.15, 0.2) is 66.6 Å². The molecule has 0 radical (unpaired) electrons. The van der Waals surface area contributed by atoms with Crippen LogP contribution >= 0.6 is 34.5 Å². The average Bonchev–Trinajstić information content (AvgIpc) is 3.52. The maximum Gasteiger partial charge on any atom is 0.322 e. The maximum atomic E-state index is 13.5. The summed E-state index contributed by atoms with van der Waals surface area (Å²) in [6, 6.07) is 13.9. The molecule has 2 aromatic carbocycles. The van der Waals surface area contributed by atoms with Gasteiger partial charge in [0.1, 0.15) is 6.54 Å². The van der Waals surface area contributed by atoms with Crippen LogP contribution in [0.4, 0.5) is 10.5 Å². The van der Waals surface area contributed by atoms with Crippen molar-refractivity contribution in [3.63, 3.8) is 0 Å². The van der Waals surface area contributed by atoms with E-state index in [-0.39, 0.29) is 31.5 Å². The number of nitrogens with one attached hydrogen (secondary N) is 1. The molecule has 3 amide bonds. The van der Waals surface area contributed by atoms with E-state index in [4.69, 9.17) is 32.7 Å². The Morgan fingerprint density at radius 1 is 1.03 bits per heavy atom. The van der Waals surface area contributed by atoms with Gasteiger partial charge in [0.2, 0.25) is 12.7 Å². The molecular formula is C25H23Cl2N3O4S. The highest BCUT2D eigenvalue weighted by molar-refractivity contribution is 7.09. The molecule has 35 heavy (non-hydrogen) atoms. The van der Waals surface area contributed by atoms with Crippen LogP contribution in [-0.4, -0.2) is 41.6 Å². The standard InChI is InChI=1S/C25H23Cl2N3O4S/c1-2-10-29(25(32)28-24-19(26)6-3-7-20(24)27)15-23(31)30(14-18-5-4-11-35-18)13-17-8-9-21-22(12-17)34-16-33-21/h2-9,11-12H,1,10,13-16H2,(H,28,32). The van der Waals surface area contributed by atoms with E-state index < -0.39 is 6.03 Å². The van der Waals surface area contributed by atoms with E-state index in [2.05, 4.69) is 11.9 Å². The molecule has 1 N–H and O–H groups in total. The fraction of sp³-hybridized carbons (Fsp3) is 0.200. The molecule has 0 fully saturated rings. The summed E-state index contributed by atoms with van der Waals surface area (Å²) in [6.07, 6.45) is 1.56. The molecule has 0 unspecified atom stereocenters. The molecule has 0 saturated heterocycles. The van der Waals surface area contributed by atoms with Crippen molar-refractivity contribution >= 4 is 52.2 Å². The van der Waals surface area contributed by atoms with Crippen LogP contribution in [-0.2, 0) is 17.9 Å². The van der Waals surface area contributed by atoms with E-state index in [0.29, 0.717) is 34.6 Å². The predicted octanol–water partition coefficient (Wildman–Crippen LogP) is 6.03. The summed E-state index contributed by atoms with van der Waals surface area (Å²) in [5.74, 6) is 1.10. The number of benzene rings is 2. The lowest BCUT2D eigenvalue weighted by Crippen LogP contribution is -2.44. The number of hydrogen-bond acceptors (Lipinski definition) is 5. The van der Waals surface area contributed by atoms with Crippen LogP contribution in [0.2, 0.25) is 10.0 Å². The van der Waals surface area contributed by atoms with E-state index in [9.17, 15) is 9.59 Å². The van der Waals surface area contributed by atoms with E-state index in [1.807, 2.05) is 35.7 Å². The lowest BCUT2D eigenvalue weighted by molar-refractivity contribution is -0.132. The van der Waals surface area contributed by atoms with Gasteiger partial charge in [0, 0.05) is 18.0 Å². The van der Waals surface area contributed by atoms with E-state index in [1.165, 1.54) is 4.90 Å². The summed E-state index contributed by atoms with van der Waals surface area (Å²) in [5, 5.41) is 5.28. The SMILES string of the molecule is C=CCN(CC(=O)N(Cc1ccc2c(c1)OCO2)Cc1cccs1)C(=O)Nc1c(Cl)cccc1Cl. The number of ether oxygens (including phenoxy) is 2. The number of halogens is 2. The first-order valence-electron chi connectivity index (χ1n) is 10.7. The van der Waals surface area contributed by atoms with Crippen molar-refractivity contribution < 1.29 is 19.1 Å². The van der Waals surface area contributed by atoms with Gasteiger partial charge in [-0.2, -0.15) is 0 Å². The number of para-hydroxylation sites is 1. The quantitative estimate of drug-likeness (QED) is 0.342. The number of carbonyl (C=O) groups is 2. The average molecular weight is 532 g/mol. The number of hydrogen-bond donors (Lipinski definition) is 1. The smallest absolute Gasteiger partial charge is 0.322 e. The monoisotopic (exact) mass is 531 g/mol. The minimum Gasteiger partial charge on any atom is -0.454 e. The van der Waals surface area contributed by atoms with E-state index in [1.54, 1.807) is 40.5 Å². The number of anilines is 1. The van der Waals surface area contributed by atoms with Crippen LogP contribution in [0.25, 0.3) is 0 Å². The normalized spacial score (nSPS) is 11.7. The summed E-state index contributed by atoms with van der Waals surface area (Å²) in [6.45, 7) is 4.65. The van der Waals surface area contributed by atoms with Crippen molar-refractivity contribution in [2.75, 3.05) is 25.2 Å². The summed E-state index contributed by atoms with van der Waals surface area (Å²) >= 11 is 13.9. The second-order valence-electron chi connectivity index (χ2n) is 7.71. The second-order valence-corrected chi connectivity index (χ2v) is 9.56. The van der Waals surface area contributed by atoms with Crippen molar-refractivity contribution in [1.82, 2.24) is 9.80 Å². The Morgan fingerprint density at radius 2 is 1.80 bits per heavy atom. The minimum atomic E-state index is -0.507. The van der Waals surface area contributed by atoms with Crippen molar-refractivity contribution in [2.45, 2.75) is 13.1 Å². The zero-order valence-corrected chi connectivity index (χ0v) is 21.0. The second kappa shape index (κ2) is 11.5. The van der Waals surface area contributed by atoms with Crippen molar-refractivity contribution in [3.8, 4) is 11.5 Å². The van der Waals surface area contributed by atoms with E-state index >= 15 is 0 Å². The van der Waals surface area contributed by atoms with Crippen molar-refractivity contribution in [1.29, 1.82) is 0 Å². The Kier molecular flexibility index (Phi) is 8.17. The van der Waals surface area contributed by atoms with Gasteiger partial charge in [-0.3, -0.25) is 4.79 Å². The van der Waals surface area contributed by atoms with Gasteiger partial charge in [-0.15, -0.1) is 17.9 Å². The minimum absolute atomic E-state index is 0.157. The maximum absolute atomic E-state index is 13.5. The van der Waals surface area contributed by atoms with Gasteiger partial charge in [-0.25, -0.2) is 4.79 Å². The molecule has 0 spiro atoms. The number of urea groups is 1. The molecule has 1 aliphatic rings. The van der Waals surface area contributed by atoms with Gasteiger partial charge in [0.15, 0.2) is 11.5 Å². The number of amides is 3. The van der Waals surface area contributed by atoms with E-state index in [0.717, 1.165) is 10.4 Å². The number of rotatable bonds is 9. The Balaban J connectivity index is 1.51. The molecule has 0 atom stereocenters. The van der Waals surface area contributed by atoms with Gasteiger partial charge in [0.05, 0.1) is 22.3 Å². The predicted molar refractivity (Wildman–Crippen MR) is 138 cm³/mol. The zero-order chi connectivity index (χ0) is 24.8. The summed E-state index contributed by atoms with van der Waals surface area (Å²) < 4.78 is 10.9. The van der Waals surface area contributed by atoms with Crippen molar-refractivity contribution in [3.05, 3.63) is 87.1 Å². The van der Waals surface area contributed by atoms with Crippen LogP contribution in [0.5, 0.6) is 11.5 Å². The lowest BCUT2D eigenvalue weighted by Gasteiger charge is -2.27. The molecule has 0 saturated carbocycles. The van der Waals surface area contributed by atoms with Gasteiger partial charge < -0.3 is 24.6 Å². The molecule has 4 rings (SSSR count). The largest absolute Gasteiger partial charge is 0.454 e. The number of nitrogens with zero attached hydrogens (tertiary/aromatic N) is 2. The first-order valence-corrected chi connectivity index (χ1v) is 12.4. The van der Waals surface area contributed by atoms with Crippen LogP contribution < -0.4 is 14.8 Å². The third-order valence-electron chi connectivity index (χ3n) is 5.25. The fourth-order valence-corrected chi connectivity index (χ4v) is 4.74. The van der Waals surface area contributed by atoms with Gasteiger partial charge in [-0.05, 0) is 41.3 Å². The van der Waals surface area contributed by atoms with Crippen molar-refractivity contribution in [2.24, 2.45) is 0 Å². The third-order valence-corrected chi connectivity index (χ3v) is 6.74. The Hall–Kier alpha value is -3.20. The van der Waals surface area contributed by atoms with Crippen LogP contribution in [0.1, 0.15) is 10.4 Å². The molecule has 7 nitrogen and oxygen atoms in total. The molecule has 10 heteroatoms. The van der Waals surface area contributed by atoms with Crippen LogP contribution in [0, 0.1) is 0 Å². The highest BCUT2D eigenvalue weighted by Gasteiger charge is 2.23. The summed E-state index contributed by atoms with van der Waals surface area (Å²) in [4.78, 5) is 30.6. The Bertz CT molecular complexity index is 1200. The molecule has 1 aliphatic heterocycles. The molecule has 182 valence electrons. The summed E-state index contributed by atoms with van der Waals surface area (Å²) in [7, 11) is 0. The van der Waals surface area contributed by atoms with Gasteiger partial charge in [-0.1, -0.05) is 47.5 Å². The first-order chi connectivity index (χ1) is 16.9. The molecule has 2 heterocycles. The summed E-state index contributed by atoms with van der Waals surface area (Å²) in [5.41, 5.74) is 1.18. The zero-order valence-electron chi connectivity index (χ0n) is 18.7. The number of thiophene rings is 1. The fourth-order valence-electron chi connectivity index (χ4n) is 3.52. The third kappa shape index (κ3) is 6.28. The molecule has 1 aromatic heterocycles. The highest BCUT2D eigenvalue weighted by atomic mass is 35.5. The topological polar surface area (TPSA) is 71.1 Å². The molecule has 0 aliphatic carbocycles. The molecule has 0 bridgehead atoms. The lowest BCUT2D eigenvalue weighted by atomic mass is 10.2. The number of fused-ring (bicyclic) bond motifs is 1. The Morgan fingerprint density at radius 3 is 2.51 bits per heavy atom. The first kappa shape index (κ1) is 24.9. The van der Waals surface area contributed by atoms with Gasteiger partial charge >= 0.3 is 6.03 Å². The van der Waals surface area contributed by atoms with Gasteiger partial charge in [0.25, 0.3) is 0 Å². The highest BCUT2D eigenvalue weighted by Crippen LogP contribution is 2.33.